The van der Waals surface area contributed by atoms with E-state index in [1.807, 2.05) is 11.8 Å². The number of carbonyl (C=O) groups excluding carboxylic acids is 1. The molecule has 0 aliphatic carbocycles. The van der Waals surface area contributed by atoms with Crippen molar-refractivity contribution in [2.75, 3.05) is 52.5 Å². The first-order valence-corrected chi connectivity index (χ1v) is 7.53. The summed E-state index contributed by atoms with van der Waals surface area (Å²) >= 11 is 0. The minimum absolute atomic E-state index is 0.0752. The van der Waals surface area contributed by atoms with E-state index in [9.17, 15) is 4.79 Å². The van der Waals surface area contributed by atoms with Crippen molar-refractivity contribution in [3.8, 4) is 0 Å². The van der Waals surface area contributed by atoms with Gasteiger partial charge in [-0.1, -0.05) is 6.92 Å². The minimum Gasteiger partial charge on any atom is -0.378 e. The second-order valence-electron chi connectivity index (χ2n) is 5.62. The third-order valence-corrected chi connectivity index (χ3v) is 4.22. The first-order chi connectivity index (χ1) is 9.20. The van der Waals surface area contributed by atoms with Gasteiger partial charge in [-0.05, 0) is 38.9 Å². The summed E-state index contributed by atoms with van der Waals surface area (Å²) in [5.41, 5.74) is 0. The predicted octanol–water partition coefficient (Wildman–Crippen LogP) is 0.165. The maximum Gasteiger partial charge on any atom is 0.239 e. The third-order valence-electron chi connectivity index (χ3n) is 4.22. The molecule has 2 fully saturated rings. The van der Waals surface area contributed by atoms with E-state index in [1.165, 1.54) is 19.5 Å². The molecule has 2 aliphatic rings. The molecule has 5 heteroatoms. The van der Waals surface area contributed by atoms with Crippen LogP contribution in [0.15, 0.2) is 0 Å². The van der Waals surface area contributed by atoms with Crippen LogP contribution in [0.5, 0.6) is 0 Å². The Morgan fingerprint density at radius 3 is 2.74 bits per heavy atom. The van der Waals surface area contributed by atoms with Gasteiger partial charge in [-0.3, -0.25) is 4.79 Å². The van der Waals surface area contributed by atoms with E-state index in [0.717, 1.165) is 26.2 Å². The Morgan fingerprint density at radius 2 is 2.11 bits per heavy atom. The van der Waals surface area contributed by atoms with Gasteiger partial charge >= 0.3 is 0 Å². The van der Waals surface area contributed by atoms with E-state index in [4.69, 9.17) is 4.74 Å². The number of nitrogens with one attached hydrogen (secondary N) is 1. The van der Waals surface area contributed by atoms with Crippen LogP contribution in [-0.4, -0.2) is 74.2 Å². The number of likely N-dealkylation sites (tertiary alicyclic amines) is 1. The van der Waals surface area contributed by atoms with Gasteiger partial charge in [0.1, 0.15) is 0 Å². The molecule has 19 heavy (non-hydrogen) atoms. The average Bonchev–Trinajstić information content (AvgIpc) is 2.93. The van der Waals surface area contributed by atoms with Crippen LogP contribution >= 0.6 is 0 Å². The summed E-state index contributed by atoms with van der Waals surface area (Å²) in [5, 5.41) is 3.41. The fraction of sp³-hybridized carbons (Fsp3) is 0.929. The normalized spacial score (nSPS) is 26.6. The summed E-state index contributed by atoms with van der Waals surface area (Å²) in [6, 6.07) is -0.0752. The van der Waals surface area contributed by atoms with Crippen LogP contribution in [0.1, 0.15) is 20.3 Å². The van der Waals surface area contributed by atoms with Crippen molar-refractivity contribution in [1.29, 1.82) is 0 Å². The molecule has 5 nitrogen and oxygen atoms in total. The fourth-order valence-electron chi connectivity index (χ4n) is 2.86. The number of hydrogen-bond acceptors (Lipinski definition) is 4. The summed E-state index contributed by atoms with van der Waals surface area (Å²) in [4.78, 5) is 16.6. The van der Waals surface area contributed by atoms with Crippen LogP contribution in [0.25, 0.3) is 0 Å². The molecule has 1 N–H and O–H groups in total. The number of amides is 1. The molecule has 0 spiro atoms. The van der Waals surface area contributed by atoms with Gasteiger partial charge in [0.2, 0.25) is 5.91 Å². The molecule has 2 aliphatic heterocycles. The molecule has 0 bridgehead atoms. The molecule has 2 atom stereocenters. The molecule has 2 unspecified atom stereocenters. The zero-order valence-corrected chi connectivity index (χ0v) is 12.2. The minimum atomic E-state index is -0.0752. The van der Waals surface area contributed by atoms with Gasteiger partial charge in [-0.2, -0.15) is 0 Å². The molecule has 2 heterocycles. The number of carbonyl (C=O) groups is 1. The lowest BCUT2D eigenvalue weighted by Crippen LogP contribution is -2.50. The Labute approximate surface area is 116 Å². The molecule has 0 aromatic rings. The molecule has 2 saturated heterocycles. The van der Waals surface area contributed by atoms with Gasteiger partial charge in [0, 0.05) is 19.6 Å². The van der Waals surface area contributed by atoms with Crippen molar-refractivity contribution < 1.29 is 9.53 Å². The number of morpholine rings is 1. The number of nitrogens with zero attached hydrogens (tertiary/aromatic N) is 2. The van der Waals surface area contributed by atoms with Crippen LogP contribution in [0, 0.1) is 5.92 Å². The molecule has 0 aromatic carbocycles. The summed E-state index contributed by atoms with van der Waals surface area (Å²) in [6.07, 6.45) is 1.25. The highest BCUT2D eigenvalue weighted by Crippen LogP contribution is 2.14. The SMILES string of the molecule is CCN1CCC(CNC(C)C(=O)N2CCOCC2)C1. The van der Waals surface area contributed by atoms with Gasteiger partial charge in [0.25, 0.3) is 0 Å². The van der Waals surface area contributed by atoms with E-state index < -0.39 is 0 Å². The Balaban J connectivity index is 1.68. The summed E-state index contributed by atoms with van der Waals surface area (Å²) in [7, 11) is 0. The smallest absolute Gasteiger partial charge is 0.239 e. The van der Waals surface area contributed by atoms with Gasteiger partial charge < -0.3 is 19.9 Å². The monoisotopic (exact) mass is 269 g/mol. The van der Waals surface area contributed by atoms with Crippen molar-refractivity contribution in [3.05, 3.63) is 0 Å². The molecular weight excluding hydrogens is 242 g/mol. The lowest BCUT2D eigenvalue weighted by Gasteiger charge is -2.30. The third kappa shape index (κ3) is 4.16. The van der Waals surface area contributed by atoms with Crippen molar-refractivity contribution in [2.24, 2.45) is 5.92 Å². The lowest BCUT2D eigenvalue weighted by atomic mass is 10.1. The van der Waals surface area contributed by atoms with Crippen molar-refractivity contribution in [1.82, 2.24) is 15.1 Å². The van der Waals surface area contributed by atoms with Gasteiger partial charge in [-0.15, -0.1) is 0 Å². The quantitative estimate of drug-likeness (QED) is 0.772. The number of ether oxygens (including phenoxy) is 1. The van der Waals surface area contributed by atoms with Crippen LogP contribution < -0.4 is 5.32 Å². The van der Waals surface area contributed by atoms with Crippen LogP contribution in [0.2, 0.25) is 0 Å². The Kier molecular flexibility index (Phi) is 5.60. The average molecular weight is 269 g/mol. The highest BCUT2D eigenvalue weighted by atomic mass is 16.5. The molecule has 0 aromatic heterocycles. The molecule has 1 amide bonds. The lowest BCUT2D eigenvalue weighted by molar-refractivity contribution is -0.137. The van der Waals surface area contributed by atoms with Gasteiger partial charge in [0.15, 0.2) is 0 Å². The maximum atomic E-state index is 12.2. The highest BCUT2D eigenvalue weighted by Gasteiger charge is 2.25. The van der Waals surface area contributed by atoms with Crippen LogP contribution in [0.3, 0.4) is 0 Å². The largest absolute Gasteiger partial charge is 0.378 e. The topological polar surface area (TPSA) is 44.8 Å². The molecule has 0 saturated carbocycles. The van der Waals surface area contributed by atoms with Crippen LogP contribution in [-0.2, 0) is 9.53 Å². The molecular formula is C14H27N3O2. The summed E-state index contributed by atoms with van der Waals surface area (Å²) in [6.45, 7) is 11.5. The van der Waals surface area contributed by atoms with E-state index in [2.05, 4.69) is 17.1 Å². The second kappa shape index (κ2) is 7.22. The van der Waals surface area contributed by atoms with Crippen molar-refractivity contribution in [2.45, 2.75) is 26.3 Å². The second-order valence-corrected chi connectivity index (χ2v) is 5.62. The number of hydrogen-bond donors (Lipinski definition) is 1. The standard InChI is InChI=1S/C14H27N3O2/c1-3-16-5-4-13(11-16)10-15-12(2)14(18)17-6-8-19-9-7-17/h12-13,15H,3-11H2,1-2H3. The van der Waals surface area contributed by atoms with Crippen molar-refractivity contribution in [3.63, 3.8) is 0 Å². The first-order valence-electron chi connectivity index (χ1n) is 7.53. The Hall–Kier alpha value is -0.650. The van der Waals surface area contributed by atoms with Crippen molar-refractivity contribution >= 4 is 5.91 Å². The van der Waals surface area contributed by atoms with E-state index in [0.29, 0.717) is 19.1 Å². The fourth-order valence-corrected chi connectivity index (χ4v) is 2.86. The summed E-state index contributed by atoms with van der Waals surface area (Å²) < 4.78 is 5.28. The van der Waals surface area contributed by atoms with Gasteiger partial charge in [0.05, 0.1) is 19.3 Å². The molecule has 0 radical (unpaired) electrons. The Morgan fingerprint density at radius 1 is 1.37 bits per heavy atom. The summed E-state index contributed by atoms with van der Waals surface area (Å²) in [5.74, 6) is 0.911. The van der Waals surface area contributed by atoms with E-state index >= 15 is 0 Å². The first kappa shape index (κ1) is 14.8. The van der Waals surface area contributed by atoms with Crippen LogP contribution in [0.4, 0.5) is 0 Å². The predicted molar refractivity (Wildman–Crippen MR) is 75.1 cm³/mol. The van der Waals surface area contributed by atoms with E-state index in [-0.39, 0.29) is 11.9 Å². The molecule has 2 rings (SSSR count). The zero-order chi connectivity index (χ0) is 13.7. The molecule has 110 valence electrons. The van der Waals surface area contributed by atoms with E-state index in [1.54, 1.807) is 0 Å². The van der Waals surface area contributed by atoms with Gasteiger partial charge in [-0.25, -0.2) is 0 Å². The number of rotatable bonds is 5. The Bertz CT molecular complexity index is 292. The zero-order valence-electron chi connectivity index (χ0n) is 12.2. The maximum absolute atomic E-state index is 12.2. The highest BCUT2D eigenvalue weighted by molar-refractivity contribution is 5.81.